The van der Waals surface area contributed by atoms with Gasteiger partial charge in [0, 0.05) is 5.56 Å². The van der Waals surface area contributed by atoms with Gasteiger partial charge in [0.05, 0.1) is 16.3 Å². The Morgan fingerprint density at radius 1 is 0.889 bits per heavy atom. The Hall–Kier alpha value is -3.32. The number of anilines is 2. The summed E-state index contributed by atoms with van der Waals surface area (Å²) in [5.74, 6) is 0.169. The standard InChI is InChI=1S/C20H16N2O4S/c23-20-19(14-7-3-1-4-8-14)26-18-12-11-15(13-17(18)21-20)22-27(24,25)16-9-5-2-6-10-16/h1-13,19,22H,(H,21,23). The second kappa shape index (κ2) is 6.77. The molecule has 1 unspecified atom stereocenters. The Morgan fingerprint density at radius 2 is 1.56 bits per heavy atom. The lowest BCUT2D eigenvalue weighted by molar-refractivity contribution is -0.123. The van der Waals surface area contributed by atoms with Gasteiger partial charge in [-0.3, -0.25) is 9.52 Å². The number of hydrogen-bond donors (Lipinski definition) is 2. The lowest BCUT2D eigenvalue weighted by atomic mass is 10.1. The molecule has 2 N–H and O–H groups in total. The molecule has 0 aliphatic carbocycles. The van der Waals surface area contributed by atoms with E-state index < -0.39 is 16.1 Å². The summed E-state index contributed by atoms with van der Waals surface area (Å²) >= 11 is 0. The van der Waals surface area contributed by atoms with E-state index in [9.17, 15) is 13.2 Å². The van der Waals surface area contributed by atoms with Crippen LogP contribution >= 0.6 is 0 Å². The Labute approximate surface area is 156 Å². The summed E-state index contributed by atoms with van der Waals surface area (Å²) in [6.07, 6.45) is -0.745. The second-order valence-corrected chi connectivity index (χ2v) is 7.71. The van der Waals surface area contributed by atoms with Gasteiger partial charge in [0.25, 0.3) is 15.9 Å². The monoisotopic (exact) mass is 380 g/mol. The highest BCUT2D eigenvalue weighted by Gasteiger charge is 2.29. The van der Waals surface area contributed by atoms with Crippen molar-refractivity contribution >= 4 is 27.3 Å². The zero-order valence-electron chi connectivity index (χ0n) is 14.1. The molecule has 1 aliphatic heterocycles. The quantitative estimate of drug-likeness (QED) is 0.725. The van der Waals surface area contributed by atoms with Gasteiger partial charge in [-0.25, -0.2) is 8.42 Å². The number of rotatable bonds is 4. The molecular formula is C20H16N2O4S. The molecule has 7 heteroatoms. The van der Waals surface area contributed by atoms with E-state index >= 15 is 0 Å². The van der Waals surface area contributed by atoms with Crippen LogP contribution in [0.4, 0.5) is 11.4 Å². The van der Waals surface area contributed by atoms with Crippen molar-refractivity contribution in [2.75, 3.05) is 10.0 Å². The van der Waals surface area contributed by atoms with E-state index in [4.69, 9.17) is 4.74 Å². The second-order valence-electron chi connectivity index (χ2n) is 6.03. The van der Waals surface area contributed by atoms with Gasteiger partial charge in [0.15, 0.2) is 0 Å². The molecule has 27 heavy (non-hydrogen) atoms. The largest absolute Gasteiger partial charge is 0.474 e. The average Bonchev–Trinajstić information content (AvgIpc) is 2.68. The third kappa shape index (κ3) is 3.50. The Morgan fingerprint density at radius 3 is 2.26 bits per heavy atom. The fourth-order valence-corrected chi connectivity index (χ4v) is 3.90. The van der Waals surface area contributed by atoms with E-state index in [1.807, 2.05) is 30.3 Å². The predicted molar refractivity (Wildman–Crippen MR) is 102 cm³/mol. The molecule has 3 aromatic carbocycles. The molecule has 0 aromatic heterocycles. The summed E-state index contributed by atoms with van der Waals surface area (Å²) in [5.41, 5.74) is 1.50. The number of fused-ring (bicyclic) bond motifs is 1. The molecular weight excluding hydrogens is 364 g/mol. The number of benzene rings is 3. The number of hydrogen-bond acceptors (Lipinski definition) is 4. The van der Waals surface area contributed by atoms with Gasteiger partial charge in [-0.2, -0.15) is 0 Å². The highest BCUT2D eigenvalue weighted by atomic mass is 32.2. The maximum Gasteiger partial charge on any atom is 0.270 e. The van der Waals surface area contributed by atoms with Crippen molar-refractivity contribution in [3.05, 3.63) is 84.4 Å². The predicted octanol–water partition coefficient (Wildman–Crippen LogP) is 3.56. The maximum absolute atomic E-state index is 12.4. The van der Waals surface area contributed by atoms with Crippen LogP contribution in [0.1, 0.15) is 11.7 Å². The van der Waals surface area contributed by atoms with E-state index in [-0.39, 0.29) is 10.8 Å². The van der Waals surface area contributed by atoms with Crippen LogP contribution in [0.3, 0.4) is 0 Å². The minimum atomic E-state index is -3.71. The van der Waals surface area contributed by atoms with Crippen LogP contribution in [0.2, 0.25) is 0 Å². The summed E-state index contributed by atoms with van der Waals surface area (Å²) in [7, 11) is -3.71. The van der Waals surface area contributed by atoms with Crippen molar-refractivity contribution in [2.24, 2.45) is 0 Å². The van der Waals surface area contributed by atoms with Crippen LogP contribution in [0, 0.1) is 0 Å². The first-order valence-electron chi connectivity index (χ1n) is 8.27. The average molecular weight is 380 g/mol. The molecule has 0 fully saturated rings. The number of carbonyl (C=O) groups excluding carboxylic acids is 1. The maximum atomic E-state index is 12.4. The fraction of sp³-hybridized carbons (Fsp3) is 0.0500. The number of carbonyl (C=O) groups is 1. The van der Waals surface area contributed by atoms with E-state index in [0.29, 0.717) is 17.1 Å². The summed E-state index contributed by atoms with van der Waals surface area (Å²) in [5, 5.41) is 2.78. The van der Waals surface area contributed by atoms with Gasteiger partial charge >= 0.3 is 0 Å². The molecule has 6 nitrogen and oxygen atoms in total. The van der Waals surface area contributed by atoms with Crippen LogP contribution in [0.25, 0.3) is 0 Å². The van der Waals surface area contributed by atoms with Crippen molar-refractivity contribution in [3.63, 3.8) is 0 Å². The van der Waals surface area contributed by atoms with E-state index in [2.05, 4.69) is 10.0 Å². The molecule has 1 heterocycles. The van der Waals surface area contributed by atoms with Crippen LogP contribution in [-0.2, 0) is 14.8 Å². The normalized spacial score (nSPS) is 16.0. The number of sulfonamides is 1. The first-order valence-corrected chi connectivity index (χ1v) is 9.76. The fourth-order valence-electron chi connectivity index (χ4n) is 2.83. The lowest BCUT2D eigenvalue weighted by Gasteiger charge is -2.26. The highest BCUT2D eigenvalue weighted by Crippen LogP contribution is 2.37. The topological polar surface area (TPSA) is 84.5 Å². The minimum absolute atomic E-state index is 0.159. The molecule has 0 bridgehead atoms. The molecule has 136 valence electrons. The van der Waals surface area contributed by atoms with Crippen LogP contribution in [0.5, 0.6) is 5.75 Å². The number of amides is 1. The summed E-state index contributed by atoms with van der Waals surface area (Å²) in [4.78, 5) is 12.6. The molecule has 0 saturated carbocycles. The van der Waals surface area contributed by atoms with Gasteiger partial charge in [0.1, 0.15) is 5.75 Å². The molecule has 1 amide bonds. The Kier molecular flexibility index (Phi) is 4.29. The Balaban J connectivity index is 1.59. The van der Waals surface area contributed by atoms with Gasteiger partial charge in [-0.15, -0.1) is 0 Å². The zero-order valence-corrected chi connectivity index (χ0v) is 14.9. The zero-order chi connectivity index (χ0) is 18.9. The van der Waals surface area contributed by atoms with Crippen molar-refractivity contribution in [1.29, 1.82) is 0 Å². The number of ether oxygens (including phenoxy) is 1. The van der Waals surface area contributed by atoms with Crippen LogP contribution in [-0.4, -0.2) is 14.3 Å². The van der Waals surface area contributed by atoms with Crippen molar-refractivity contribution in [1.82, 2.24) is 0 Å². The van der Waals surface area contributed by atoms with Gasteiger partial charge in [-0.05, 0) is 30.3 Å². The summed E-state index contributed by atoms with van der Waals surface area (Å²) in [6.45, 7) is 0. The third-order valence-corrected chi connectivity index (χ3v) is 5.53. The first kappa shape index (κ1) is 17.1. The van der Waals surface area contributed by atoms with Gasteiger partial charge < -0.3 is 10.1 Å². The Bertz CT molecular complexity index is 1080. The summed E-state index contributed by atoms with van der Waals surface area (Å²) < 4.78 is 33.2. The smallest absolute Gasteiger partial charge is 0.270 e. The van der Waals surface area contributed by atoms with Crippen molar-refractivity contribution in [3.8, 4) is 5.75 Å². The molecule has 3 aromatic rings. The van der Waals surface area contributed by atoms with Crippen molar-refractivity contribution < 1.29 is 17.9 Å². The molecule has 0 saturated heterocycles. The van der Waals surface area contributed by atoms with E-state index in [1.165, 1.54) is 18.2 Å². The van der Waals surface area contributed by atoms with Crippen molar-refractivity contribution in [2.45, 2.75) is 11.0 Å². The molecule has 0 spiro atoms. The van der Waals surface area contributed by atoms with E-state index in [0.717, 1.165) is 5.56 Å². The first-order chi connectivity index (χ1) is 13.0. The third-order valence-electron chi connectivity index (χ3n) is 4.13. The van der Waals surface area contributed by atoms with Crippen LogP contribution < -0.4 is 14.8 Å². The SMILES string of the molecule is O=C1Nc2cc(NS(=O)(=O)c3ccccc3)ccc2OC1c1ccccc1. The molecule has 0 radical (unpaired) electrons. The molecule has 1 atom stereocenters. The summed E-state index contributed by atoms with van der Waals surface area (Å²) in [6, 6.07) is 22.0. The van der Waals surface area contributed by atoms with E-state index in [1.54, 1.807) is 30.3 Å². The van der Waals surface area contributed by atoms with Crippen LogP contribution in [0.15, 0.2) is 83.8 Å². The molecule has 1 aliphatic rings. The lowest BCUT2D eigenvalue weighted by Crippen LogP contribution is -2.30. The highest BCUT2D eigenvalue weighted by molar-refractivity contribution is 7.92. The number of nitrogens with one attached hydrogen (secondary N) is 2. The van der Waals surface area contributed by atoms with Gasteiger partial charge in [-0.1, -0.05) is 48.5 Å². The van der Waals surface area contributed by atoms with Gasteiger partial charge in [0.2, 0.25) is 6.10 Å². The molecule has 4 rings (SSSR count). The minimum Gasteiger partial charge on any atom is -0.474 e.